The van der Waals surface area contributed by atoms with E-state index in [0.29, 0.717) is 19.8 Å². The van der Waals surface area contributed by atoms with Gasteiger partial charge in [0.25, 0.3) is 0 Å². The number of rotatable bonds is 6. The van der Waals surface area contributed by atoms with Gasteiger partial charge in [0.1, 0.15) is 0 Å². The minimum absolute atomic E-state index is 0.0648. The van der Waals surface area contributed by atoms with E-state index in [0.717, 1.165) is 22.5 Å². The number of carbonyl (C=O) groups is 1. The van der Waals surface area contributed by atoms with Gasteiger partial charge in [-0.25, -0.2) is 4.79 Å². The van der Waals surface area contributed by atoms with E-state index in [1.165, 1.54) is 0 Å². The second-order valence-electron chi connectivity index (χ2n) is 8.26. The molecule has 7 nitrogen and oxygen atoms in total. The summed E-state index contributed by atoms with van der Waals surface area (Å²) in [5.41, 5.74) is 4.06. The molecular formula is C23H33N5O2. The Labute approximate surface area is 179 Å². The van der Waals surface area contributed by atoms with Gasteiger partial charge < -0.3 is 25.2 Å². The Morgan fingerprint density at radius 1 is 1.20 bits per heavy atom. The molecular weight excluding hydrogens is 378 g/mol. The van der Waals surface area contributed by atoms with Crippen LogP contribution >= 0.6 is 0 Å². The van der Waals surface area contributed by atoms with E-state index in [4.69, 9.17) is 4.74 Å². The zero-order valence-corrected chi connectivity index (χ0v) is 18.6. The molecule has 0 bridgehead atoms. The summed E-state index contributed by atoms with van der Waals surface area (Å²) in [6, 6.07) is 10.5. The molecule has 3 rings (SSSR count). The Balaban J connectivity index is 1.72. The van der Waals surface area contributed by atoms with E-state index >= 15 is 0 Å². The fourth-order valence-electron chi connectivity index (χ4n) is 3.99. The number of aryl methyl sites for hydroxylation is 1. The fraction of sp³-hybridized carbons (Fsp3) is 0.478. The quantitative estimate of drug-likeness (QED) is 0.762. The summed E-state index contributed by atoms with van der Waals surface area (Å²) in [7, 11) is 4.01. The van der Waals surface area contributed by atoms with E-state index < -0.39 is 0 Å². The van der Waals surface area contributed by atoms with Crippen LogP contribution in [-0.4, -0.2) is 61.9 Å². The number of hydrogen-bond donors (Lipinski definition) is 2. The number of urea groups is 1. The number of benzene rings is 1. The predicted molar refractivity (Wildman–Crippen MR) is 121 cm³/mol. The first-order valence-electron chi connectivity index (χ1n) is 10.4. The number of nitrogens with zero attached hydrogens (tertiary/aromatic N) is 3. The second-order valence-corrected chi connectivity index (χ2v) is 8.26. The van der Waals surface area contributed by atoms with Crippen LogP contribution in [0.15, 0.2) is 42.7 Å². The number of carbonyl (C=O) groups excluding carboxylic acids is 1. The number of pyridine rings is 1. The van der Waals surface area contributed by atoms with Crippen LogP contribution in [0.5, 0.6) is 0 Å². The van der Waals surface area contributed by atoms with Crippen molar-refractivity contribution >= 4 is 17.4 Å². The zero-order valence-electron chi connectivity index (χ0n) is 18.6. The number of hydrogen-bond acceptors (Lipinski definition) is 5. The van der Waals surface area contributed by atoms with Crippen molar-refractivity contribution in [2.24, 2.45) is 0 Å². The molecule has 0 saturated carbocycles. The maximum Gasteiger partial charge on any atom is 0.319 e. The van der Waals surface area contributed by atoms with Gasteiger partial charge in [-0.15, -0.1) is 0 Å². The Kier molecular flexibility index (Phi) is 7.29. The third-order valence-corrected chi connectivity index (χ3v) is 5.52. The monoisotopic (exact) mass is 411 g/mol. The number of anilines is 2. The van der Waals surface area contributed by atoms with Crippen LogP contribution in [0.4, 0.5) is 16.2 Å². The van der Waals surface area contributed by atoms with E-state index in [1.54, 1.807) is 12.4 Å². The SMILES string of the molecule is Cc1ccc(N2C(C)COCC2C)c(NC(=O)NCC(c2ccncc2)N(C)C)c1. The lowest BCUT2D eigenvalue weighted by molar-refractivity contribution is 0.0757. The average molecular weight is 412 g/mol. The van der Waals surface area contributed by atoms with Crippen molar-refractivity contribution < 1.29 is 9.53 Å². The third-order valence-electron chi connectivity index (χ3n) is 5.52. The highest BCUT2D eigenvalue weighted by atomic mass is 16.5. The minimum atomic E-state index is -0.212. The fourth-order valence-corrected chi connectivity index (χ4v) is 3.99. The lowest BCUT2D eigenvalue weighted by Gasteiger charge is -2.41. The van der Waals surface area contributed by atoms with Gasteiger partial charge in [-0.05, 0) is 70.3 Å². The summed E-state index contributed by atoms with van der Waals surface area (Å²) in [4.78, 5) is 21.3. The minimum Gasteiger partial charge on any atom is -0.377 e. The molecule has 1 saturated heterocycles. The van der Waals surface area contributed by atoms with Crippen LogP contribution in [0, 0.1) is 6.92 Å². The molecule has 2 amide bonds. The normalized spacial score (nSPS) is 20.1. The van der Waals surface area contributed by atoms with Crippen molar-refractivity contribution in [1.29, 1.82) is 0 Å². The zero-order chi connectivity index (χ0) is 21.7. The Morgan fingerprint density at radius 3 is 2.50 bits per heavy atom. The van der Waals surface area contributed by atoms with E-state index in [2.05, 4.69) is 51.4 Å². The molecule has 7 heteroatoms. The van der Waals surface area contributed by atoms with Crippen molar-refractivity contribution in [3.8, 4) is 0 Å². The smallest absolute Gasteiger partial charge is 0.319 e. The number of likely N-dealkylation sites (N-methyl/N-ethyl adjacent to an activating group) is 1. The van der Waals surface area contributed by atoms with Gasteiger partial charge in [-0.3, -0.25) is 4.98 Å². The van der Waals surface area contributed by atoms with Crippen LogP contribution in [0.3, 0.4) is 0 Å². The van der Waals surface area contributed by atoms with E-state index in [1.807, 2.05) is 39.2 Å². The first-order valence-corrected chi connectivity index (χ1v) is 10.4. The Hall–Kier alpha value is -2.64. The average Bonchev–Trinajstić information content (AvgIpc) is 2.70. The molecule has 30 heavy (non-hydrogen) atoms. The maximum atomic E-state index is 12.8. The van der Waals surface area contributed by atoms with Gasteiger partial charge >= 0.3 is 6.03 Å². The highest BCUT2D eigenvalue weighted by Gasteiger charge is 2.27. The lowest BCUT2D eigenvalue weighted by atomic mass is 10.1. The molecule has 2 heterocycles. The Bertz CT molecular complexity index is 833. The predicted octanol–water partition coefficient (Wildman–Crippen LogP) is 3.43. The summed E-state index contributed by atoms with van der Waals surface area (Å²) >= 11 is 0. The summed E-state index contributed by atoms with van der Waals surface area (Å²) < 4.78 is 5.67. The summed E-state index contributed by atoms with van der Waals surface area (Å²) in [5.74, 6) is 0. The number of ether oxygens (including phenoxy) is 1. The van der Waals surface area contributed by atoms with Crippen molar-refractivity contribution in [3.63, 3.8) is 0 Å². The van der Waals surface area contributed by atoms with Crippen molar-refractivity contribution in [3.05, 3.63) is 53.9 Å². The molecule has 1 fully saturated rings. The summed E-state index contributed by atoms with van der Waals surface area (Å²) in [6.45, 7) is 8.19. The topological polar surface area (TPSA) is 69.7 Å². The van der Waals surface area contributed by atoms with E-state index in [9.17, 15) is 4.79 Å². The number of morpholine rings is 1. The largest absolute Gasteiger partial charge is 0.377 e. The molecule has 0 spiro atoms. The van der Waals surface area contributed by atoms with Crippen LogP contribution in [0.2, 0.25) is 0 Å². The van der Waals surface area contributed by atoms with Crippen LogP contribution in [0.1, 0.15) is 31.0 Å². The molecule has 0 radical (unpaired) electrons. The van der Waals surface area contributed by atoms with Gasteiger partial charge in [0.15, 0.2) is 0 Å². The molecule has 1 aromatic carbocycles. The number of amides is 2. The van der Waals surface area contributed by atoms with Gasteiger partial charge in [0.05, 0.1) is 30.6 Å². The number of aromatic nitrogens is 1. The van der Waals surface area contributed by atoms with Crippen molar-refractivity contribution in [1.82, 2.24) is 15.2 Å². The van der Waals surface area contributed by atoms with Crippen molar-refractivity contribution in [2.45, 2.75) is 38.9 Å². The number of nitrogens with one attached hydrogen (secondary N) is 2. The summed E-state index contributed by atoms with van der Waals surface area (Å²) in [6.07, 6.45) is 3.55. The third kappa shape index (κ3) is 5.29. The molecule has 2 N–H and O–H groups in total. The maximum absolute atomic E-state index is 12.8. The van der Waals surface area contributed by atoms with Crippen LogP contribution in [-0.2, 0) is 4.74 Å². The first kappa shape index (κ1) is 22.1. The van der Waals surface area contributed by atoms with Crippen LogP contribution < -0.4 is 15.5 Å². The highest BCUT2D eigenvalue weighted by Crippen LogP contribution is 2.32. The Morgan fingerprint density at radius 2 is 1.87 bits per heavy atom. The molecule has 1 aliphatic rings. The molecule has 1 aliphatic heterocycles. The van der Waals surface area contributed by atoms with E-state index in [-0.39, 0.29) is 24.2 Å². The van der Waals surface area contributed by atoms with Gasteiger partial charge in [0.2, 0.25) is 0 Å². The molecule has 3 atom stereocenters. The highest BCUT2D eigenvalue weighted by molar-refractivity contribution is 5.93. The second kappa shape index (κ2) is 9.91. The van der Waals surface area contributed by atoms with Crippen molar-refractivity contribution in [2.75, 3.05) is 44.1 Å². The van der Waals surface area contributed by atoms with Gasteiger partial charge in [-0.1, -0.05) is 6.07 Å². The molecule has 2 aromatic rings. The molecule has 0 aliphatic carbocycles. The van der Waals surface area contributed by atoms with Crippen LogP contribution in [0.25, 0.3) is 0 Å². The molecule has 162 valence electrons. The first-order chi connectivity index (χ1) is 14.4. The lowest BCUT2D eigenvalue weighted by Crippen LogP contribution is -2.50. The summed E-state index contributed by atoms with van der Waals surface area (Å²) in [5, 5.41) is 6.10. The van der Waals surface area contributed by atoms with Gasteiger partial charge in [-0.2, -0.15) is 0 Å². The molecule has 1 aromatic heterocycles. The standard InChI is InChI=1S/C23H33N5O2/c1-16-6-7-21(28-17(2)14-30-15-18(28)3)20(12-16)26-23(29)25-13-22(27(4)5)19-8-10-24-11-9-19/h6-12,17-18,22H,13-15H2,1-5H3,(H2,25,26,29). The molecule has 3 unspecified atom stereocenters. The van der Waals surface area contributed by atoms with Gasteiger partial charge in [0, 0.05) is 31.0 Å².